The summed E-state index contributed by atoms with van der Waals surface area (Å²) in [5.41, 5.74) is 2.12. The van der Waals surface area contributed by atoms with Crippen LogP contribution < -0.4 is 5.32 Å². The predicted molar refractivity (Wildman–Crippen MR) is 80.7 cm³/mol. The monoisotopic (exact) mass is 311 g/mol. The number of aryl methyl sites for hydroxylation is 1. The molecule has 0 radical (unpaired) electrons. The average molecular weight is 312 g/mol. The Kier molecular flexibility index (Phi) is 4.97. The van der Waals surface area contributed by atoms with Gasteiger partial charge in [0.05, 0.1) is 5.69 Å². The summed E-state index contributed by atoms with van der Waals surface area (Å²) in [7, 11) is 0. The van der Waals surface area contributed by atoms with Gasteiger partial charge in [0.2, 0.25) is 5.91 Å². The van der Waals surface area contributed by atoms with Gasteiger partial charge in [0.1, 0.15) is 0 Å². The zero-order valence-electron chi connectivity index (χ0n) is 11.8. The first-order valence-corrected chi connectivity index (χ1v) is 7.06. The molecule has 2 nitrogen and oxygen atoms in total. The van der Waals surface area contributed by atoms with Gasteiger partial charge in [0.25, 0.3) is 0 Å². The maximum atomic E-state index is 12.0. The van der Waals surface area contributed by atoms with Crippen molar-refractivity contribution in [3.63, 3.8) is 0 Å². The number of halogens is 1. The van der Waals surface area contributed by atoms with Crippen molar-refractivity contribution in [3.8, 4) is 0 Å². The normalized spacial score (nSPS) is 13.2. The summed E-state index contributed by atoms with van der Waals surface area (Å²) in [6.45, 7) is 10.6. The topological polar surface area (TPSA) is 29.1 Å². The molecule has 0 heterocycles. The van der Waals surface area contributed by atoms with Gasteiger partial charge in [-0.15, -0.1) is 0 Å². The molecule has 1 aromatic rings. The second-order valence-corrected chi connectivity index (χ2v) is 6.75. The summed E-state index contributed by atoms with van der Waals surface area (Å²) >= 11 is 3.50. The summed E-state index contributed by atoms with van der Waals surface area (Å²) in [5, 5.41) is 2.97. The number of amides is 1. The molecule has 0 saturated carbocycles. The zero-order chi connectivity index (χ0) is 13.9. The standard InChI is InChI=1S/C15H22BrNO/c1-10-7-6-8-12(14(10)16)17-13(18)9-11(2)15(3,4)5/h6-8,11H,9H2,1-5H3,(H,17,18). The Morgan fingerprint density at radius 1 is 1.39 bits per heavy atom. The molecule has 3 heteroatoms. The van der Waals surface area contributed by atoms with Crippen LogP contribution in [0.4, 0.5) is 5.69 Å². The minimum absolute atomic E-state index is 0.0729. The Balaban J connectivity index is 2.69. The third kappa shape index (κ3) is 4.13. The van der Waals surface area contributed by atoms with Crippen molar-refractivity contribution in [2.45, 2.75) is 41.0 Å². The first-order valence-electron chi connectivity index (χ1n) is 6.26. The highest BCUT2D eigenvalue weighted by Crippen LogP contribution is 2.29. The van der Waals surface area contributed by atoms with E-state index in [1.165, 1.54) is 0 Å². The second kappa shape index (κ2) is 5.87. The van der Waals surface area contributed by atoms with Crippen molar-refractivity contribution in [1.82, 2.24) is 0 Å². The Bertz CT molecular complexity index is 435. The maximum Gasteiger partial charge on any atom is 0.224 e. The second-order valence-electron chi connectivity index (χ2n) is 5.96. The Morgan fingerprint density at radius 2 is 2.00 bits per heavy atom. The van der Waals surface area contributed by atoms with Gasteiger partial charge < -0.3 is 5.32 Å². The van der Waals surface area contributed by atoms with Gasteiger partial charge >= 0.3 is 0 Å². The first-order chi connectivity index (χ1) is 8.21. The number of carbonyl (C=O) groups excluding carboxylic acids is 1. The molecular weight excluding hydrogens is 290 g/mol. The molecule has 1 rings (SSSR count). The largest absolute Gasteiger partial charge is 0.325 e. The fourth-order valence-corrected chi connectivity index (χ4v) is 1.89. The summed E-state index contributed by atoms with van der Waals surface area (Å²) in [5.74, 6) is 0.421. The number of anilines is 1. The quantitative estimate of drug-likeness (QED) is 0.856. The number of carbonyl (C=O) groups is 1. The predicted octanol–water partition coefficient (Wildman–Crippen LogP) is 4.77. The van der Waals surface area contributed by atoms with Gasteiger partial charge in [0, 0.05) is 10.9 Å². The summed E-state index contributed by atoms with van der Waals surface area (Å²) < 4.78 is 0.960. The lowest BCUT2D eigenvalue weighted by atomic mass is 9.80. The highest BCUT2D eigenvalue weighted by atomic mass is 79.9. The third-order valence-electron chi connectivity index (χ3n) is 3.44. The lowest BCUT2D eigenvalue weighted by Crippen LogP contribution is -2.24. The van der Waals surface area contributed by atoms with Gasteiger partial charge in [0.15, 0.2) is 0 Å². The van der Waals surface area contributed by atoms with Crippen molar-refractivity contribution in [3.05, 3.63) is 28.2 Å². The van der Waals surface area contributed by atoms with Crippen LogP contribution in [0.5, 0.6) is 0 Å². The molecule has 0 spiro atoms. The molecule has 100 valence electrons. The van der Waals surface area contributed by atoms with E-state index in [0.29, 0.717) is 12.3 Å². The van der Waals surface area contributed by atoms with E-state index in [1.54, 1.807) is 0 Å². The summed E-state index contributed by atoms with van der Waals surface area (Å²) in [6.07, 6.45) is 0.546. The molecule has 1 N–H and O–H groups in total. The van der Waals surface area contributed by atoms with Crippen LogP contribution in [0.25, 0.3) is 0 Å². The fraction of sp³-hybridized carbons (Fsp3) is 0.533. The SMILES string of the molecule is Cc1cccc(NC(=O)CC(C)C(C)(C)C)c1Br. The molecule has 1 amide bonds. The molecule has 0 aliphatic heterocycles. The van der Waals surface area contributed by atoms with E-state index in [9.17, 15) is 4.79 Å². The van der Waals surface area contributed by atoms with Crippen LogP contribution >= 0.6 is 15.9 Å². The van der Waals surface area contributed by atoms with E-state index < -0.39 is 0 Å². The van der Waals surface area contributed by atoms with E-state index in [2.05, 4.69) is 48.9 Å². The van der Waals surface area contributed by atoms with Crippen molar-refractivity contribution in [2.75, 3.05) is 5.32 Å². The number of benzene rings is 1. The van der Waals surface area contributed by atoms with E-state index in [1.807, 2.05) is 25.1 Å². The van der Waals surface area contributed by atoms with Gasteiger partial charge in [-0.25, -0.2) is 0 Å². The number of hydrogen-bond acceptors (Lipinski definition) is 1. The van der Waals surface area contributed by atoms with Crippen LogP contribution in [0.15, 0.2) is 22.7 Å². The van der Waals surface area contributed by atoms with Crippen molar-refractivity contribution >= 4 is 27.5 Å². The molecule has 18 heavy (non-hydrogen) atoms. The zero-order valence-corrected chi connectivity index (χ0v) is 13.4. The molecule has 0 aromatic heterocycles. The van der Waals surface area contributed by atoms with Gasteiger partial charge in [-0.2, -0.15) is 0 Å². The lowest BCUT2D eigenvalue weighted by Gasteiger charge is -2.26. The lowest BCUT2D eigenvalue weighted by molar-refractivity contribution is -0.117. The first kappa shape index (κ1) is 15.2. The minimum Gasteiger partial charge on any atom is -0.325 e. The molecule has 0 aliphatic rings. The maximum absolute atomic E-state index is 12.0. The minimum atomic E-state index is 0.0729. The Hall–Kier alpha value is -0.830. The van der Waals surface area contributed by atoms with Crippen LogP contribution in [0.2, 0.25) is 0 Å². The van der Waals surface area contributed by atoms with Crippen LogP contribution in [0.3, 0.4) is 0 Å². The number of nitrogens with one attached hydrogen (secondary N) is 1. The van der Waals surface area contributed by atoms with Crippen LogP contribution in [-0.4, -0.2) is 5.91 Å². The average Bonchev–Trinajstić information content (AvgIpc) is 2.23. The number of hydrogen-bond donors (Lipinski definition) is 1. The highest BCUT2D eigenvalue weighted by Gasteiger charge is 2.22. The molecule has 1 aromatic carbocycles. The van der Waals surface area contributed by atoms with Crippen molar-refractivity contribution < 1.29 is 4.79 Å². The number of rotatable bonds is 3. The molecule has 0 bridgehead atoms. The molecular formula is C15H22BrNO. The van der Waals surface area contributed by atoms with E-state index >= 15 is 0 Å². The molecule has 1 atom stereocenters. The van der Waals surface area contributed by atoms with Crippen LogP contribution in [-0.2, 0) is 4.79 Å². The van der Waals surface area contributed by atoms with Crippen molar-refractivity contribution in [2.24, 2.45) is 11.3 Å². The Labute approximate surface area is 118 Å². The van der Waals surface area contributed by atoms with Gasteiger partial charge in [-0.05, 0) is 45.8 Å². The molecule has 0 saturated heterocycles. The summed E-state index contributed by atoms with van der Waals surface area (Å²) in [4.78, 5) is 12.0. The molecule has 0 fully saturated rings. The van der Waals surface area contributed by atoms with Crippen LogP contribution in [0.1, 0.15) is 39.7 Å². The summed E-state index contributed by atoms with van der Waals surface area (Å²) in [6, 6.07) is 5.87. The van der Waals surface area contributed by atoms with E-state index in [4.69, 9.17) is 0 Å². The fourth-order valence-electron chi connectivity index (χ4n) is 1.53. The highest BCUT2D eigenvalue weighted by molar-refractivity contribution is 9.10. The van der Waals surface area contributed by atoms with E-state index in [-0.39, 0.29) is 11.3 Å². The van der Waals surface area contributed by atoms with Gasteiger partial charge in [-0.3, -0.25) is 4.79 Å². The Morgan fingerprint density at radius 3 is 2.56 bits per heavy atom. The third-order valence-corrected chi connectivity index (χ3v) is 4.49. The molecule has 1 unspecified atom stereocenters. The van der Waals surface area contributed by atoms with Gasteiger partial charge in [-0.1, -0.05) is 39.8 Å². The smallest absolute Gasteiger partial charge is 0.224 e. The molecule has 0 aliphatic carbocycles. The van der Waals surface area contributed by atoms with Crippen LogP contribution in [0, 0.1) is 18.3 Å². The van der Waals surface area contributed by atoms with Crippen molar-refractivity contribution in [1.29, 1.82) is 0 Å². The van der Waals surface area contributed by atoms with E-state index in [0.717, 1.165) is 15.7 Å².